The number of anilines is 3. The molecule has 2 aliphatic rings. The van der Waals surface area contributed by atoms with Crippen LogP contribution >= 0.6 is 11.3 Å². The second-order valence-corrected chi connectivity index (χ2v) is 14.4. The largest absolute Gasteiger partial charge is 0.354 e. The van der Waals surface area contributed by atoms with Crippen LogP contribution in [-0.4, -0.2) is 61.1 Å². The van der Waals surface area contributed by atoms with E-state index in [0.717, 1.165) is 47.9 Å². The number of pyridine rings is 1. The molecule has 0 radical (unpaired) electrons. The molecule has 0 saturated carbocycles. The molecule has 4 aromatic rings. The smallest absolute Gasteiger partial charge is 0.192 e. The molecule has 1 N–H and O–H groups in total. The first kappa shape index (κ1) is 27.6. The number of fused-ring (bicyclic) bond motifs is 1. The number of halogens is 1. The second-order valence-electron chi connectivity index (χ2n) is 11.2. The van der Waals surface area contributed by atoms with Gasteiger partial charge in [0.15, 0.2) is 15.0 Å². The van der Waals surface area contributed by atoms with Crippen LogP contribution in [0.25, 0.3) is 16.9 Å². The molecule has 9 nitrogen and oxygen atoms in total. The van der Waals surface area contributed by atoms with Crippen molar-refractivity contribution in [2.45, 2.75) is 38.5 Å². The van der Waals surface area contributed by atoms with Crippen molar-refractivity contribution in [3.63, 3.8) is 0 Å². The van der Waals surface area contributed by atoms with E-state index in [9.17, 15) is 18.1 Å². The molecule has 5 heterocycles. The van der Waals surface area contributed by atoms with E-state index >= 15 is 0 Å². The number of nitrogens with zero attached hydrogens (tertiary/aromatic N) is 6. The topological polar surface area (TPSA) is 107 Å². The summed E-state index contributed by atoms with van der Waals surface area (Å²) < 4.78 is 41.6. The molecule has 1 aromatic carbocycles. The lowest BCUT2D eigenvalue weighted by Crippen LogP contribution is -2.62. The maximum Gasteiger partial charge on any atom is 0.192 e. The summed E-state index contributed by atoms with van der Waals surface area (Å²) in [7, 11) is -1.44. The van der Waals surface area contributed by atoms with Gasteiger partial charge in [-0.3, -0.25) is 4.40 Å². The van der Waals surface area contributed by atoms with Crippen LogP contribution in [0, 0.1) is 29.5 Å². The number of hydrogen-bond acceptors (Lipinski definition) is 9. The Bertz CT molecular complexity index is 1790. The molecule has 2 aliphatic heterocycles. The van der Waals surface area contributed by atoms with Gasteiger partial charge in [0.25, 0.3) is 0 Å². The summed E-state index contributed by atoms with van der Waals surface area (Å²) in [6, 6.07) is 10.2. The fourth-order valence-corrected chi connectivity index (χ4v) is 8.26. The number of aryl methyl sites for hydroxylation is 2. The first-order valence-electron chi connectivity index (χ1n) is 13.6. The summed E-state index contributed by atoms with van der Waals surface area (Å²) in [5.74, 6) is 0.458. The van der Waals surface area contributed by atoms with Crippen LogP contribution in [0.3, 0.4) is 0 Å². The van der Waals surface area contributed by atoms with Crippen molar-refractivity contribution in [3.8, 4) is 17.3 Å². The van der Waals surface area contributed by atoms with E-state index in [2.05, 4.69) is 11.4 Å². The predicted molar refractivity (Wildman–Crippen MR) is 160 cm³/mol. The Morgan fingerprint density at radius 1 is 1.27 bits per heavy atom. The van der Waals surface area contributed by atoms with Crippen LogP contribution in [0.5, 0.6) is 0 Å². The molecule has 0 aliphatic carbocycles. The van der Waals surface area contributed by atoms with Gasteiger partial charge in [0.1, 0.15) is 39.3 Å². The molecule has 0 amide bonds. The molecule has 1 spiro atoms. The summed E-state index contributed by atoms with van der Waals surface area (Å²) in [6.07, 6.45) is 5.52. The number of rotatable bonds is 6. The van der Waals surface area contributed by atoms with Gasteiger partial charge in [-0.1, -0.05) is 18.3 Å². The third-order valence-electron chi connectivity index (χ3n) is 8.37. The van der Waals surface area contributed by atoms with E-state index in [1.165, 1.54) is 29.7 Å². The molecule has 1 atom stereocenters. The molecule has 214 valence electrons. The molecule has 2 fully saturated rings. The van der Waals surface area contributed by atoms with Gasteiger partial charge < -0.3 is 15.1 Å². The number of sulfone groups is 1. The van der Waals surface area contributed by atoms with E-state index in [1.807, 2.05) is 47.4 Å². The normalized spacial score (nSPS) is 18.4. The van der Waals surface area contributed by atoms with Gasteiger partial charge in [0.2, 0.25) is 0 Å². The number of hydrogen-bond donors (Lipinski definition) is 1. The van der Waals surface area contributed by atoms with Crippen LogP contribution in [0.1, 0.15) is 35.9 Å². The highest BCUT2D eigenvalue weighted by Gasteiger charge is 2.47. The Morgan fingerprint density at radius 2 is 2.00 bits per heavy atom. The van der Waals surface area contributed by atoms with Crippen molar-refractivity contribution in [1.82, 2.24) is 19.7 Å². The lowest BCUT2D eigenvalue weighted by atomic mass is 9.73. The quantitative estimate of drug-likeness (QED) is 0.344. The third kappa shape index (κ3) is 4.75. The van der Waals surface area contributed by atoms with Crippen LogP contribution in [0.4, 0.5) is 21.0 Å². The fraction of sp³-hybridized carbons (Fsp3) is 0.414. The summed E-state index contributed by atoms with van der Waals surface area (Å²) in [6.45, 7) is 6.41. The van der Waals surface area contributed by atoms with Gasteiger partial charge in [-0.15, -0.1) is 0 Å². The molecule has 12 heteroatoms. The molecular weight excluding hydrogens is 561 g/mol. The van der Waals surface area contributed by atoms with E-state index < -0.39 is 15.2 Å². The van der Waals surface area contributed by atoms with Crippen LogP contribution in [0.2, 0.25) is 0 Å². The maximum atomic E-state index is 13.5. The summed E-state index contributed by atoms with van der Waals surface area (Å²) >= 11 is 1.26. The monoisotopic (exact) mass is 593 g/mol. The number of imidazole rings is 1. The van der Waals surface area contributed by atoms with Crippen molar-refractivity contribution in [3.05, 3.63) is 58.5 Å². The van der Waals surface area contributed by atoms with E-state index in [-0.39, 0.29) is 11.2 Å². The van der Waals surface area contributed by atoms with E-state index in [4.69, 9.17) is 9.97 Å². The molecule has 2 saturated heterocycles. The summed E-state index contributed by atoms with van der Waals surface area (Å²) in [5.41, 5.74) is 4.65. The highest BCUT2D eigenvalue weighted by molar-refractivity contribution is 7.91. The zero-order valence-corrected chi connectivity index (χ0v) is 25.1. The number of piperidine rings is 1. The first-order valence-corrected chi connectivity index (χ1v) is 16.4. The minimum Gasteiger partial charge on any atom is -0.354 e. The SMILES string of the molecule is CCc1nc2c(C)cc(N3CCC4(CNC4)CC3S(C)(=O)=O)cn2c1N(C)c1nc(-c2ccc(F)cc2)c(C#N)s1. The summed E-state index contributed by atoms with van der Waals surface area (Å²) in [5, 5.41) is 13.2. The lowest BCUT2D eigenvalue weighted by molar-refractivity contribution is 0.119. The molecular formula is C29H32FN7O2S2. The van der Waals surface area contributed by atoms with Crippen molar-refractivity contribution in [2.75, 3.05) is 42.7 Å². The Kier molecular flexibility index (Phi) is 6.79. The zero-order valence-electron chi connectivity index (χ0n) is 23.5. The number of aromatic nitrogens is 3. The average Bonchev–Trinajstić information content (AvgIpc) is 3.53. The number of benzene rings is 1. The molecule has 0 bridgehead atoms. The predicted octanol–water partition coefficient (Wildman–Crippen LogP) is 4.67. The van der Waals surface area contributed by atoms with Crippen LogP contribution in [0.15, 0.2) is 36.5 Å². The Balaban J connectivity index is 1.44. The zero-order chi connectivity index (χ0) is 29.1. The highest BCUT2D eigenvalue weighted by Crippen LogP contribution is 2.43. The molecule has 1 unspecified atom stereocenters. The fourth-order valence-electron chi connectivity index (χ4n) is 6.06. The Morgan fingerprint density at radius 3 is 2.61 bits per heavy atom. The number of thiazole rings is 1. The molecule has 6 rings (SSSR count). The van der Waals surface area contributed by atoms with Gasteiger partial charge in [-0.25, -0.2) is 22.8 Å². The molecule has 41 heavy (non-hydrogen) atoms. The van der Waals surface area contributed by atoms with Crippen LogP contribution in [-0.2, 0) is 16.3 Å². The van der Waals surface area contributed by atoms with Gasteiger partial charge in [0, 0.05) is 44.7 Å². The van der Waals surface area contributed by atoms with Crippen molar-refractivity contribution in [1.29, 1.82) is 5.26 Å². The van der Waals surface area contributed by atoms with Crippen molar-refractivity contribution < 1.29 is 12.8 Å². The Hall–Kier alpha value is -3.53. The minimum atomic E-state index is -3.34. The highest BCUT2D eigenvalue weighted by atomic mass is 32.2. The second kappa shape index (κ2) is 10.1. The van der Waals surface area contributed by atoms with E-state index in [1.54, 1.807) is 12.1 Å². The van der Waals surface area contributed by atoms with Crippen molar-refractivity contribution >= 4 is 43.5 Å². The van der Waals surface area contributed by atoms with Gasteiger partial charge in [0.05, 0.1) is 11.4 Å². The van der Waals surface area contributed by atoms with Crippen LogP contribution < -0.4 is 15.1 Å². The van der Waals surface area contributed by atoms with Gasteiger partial charge in [-0.05, 0) is 67.5 Å². The third-order valence-corrected chi connectivity index (χ3v) is 10.8. The number of nitrogens with one attached hydrogen (secondary N) is 1. The molecule has 3 aromatic heterocycles. The standard InChI is InChI=1S/C29H32FN7O2S2/c1-5-22-27(35(3)28-34-25(23(14-31)40-28)19-6-8-20(30)9-7-19)37-15-21(12-18(2)26(37)33-22)36-11-10-29(16-32-17-29)13-24(36)41(4,38)39/h6-9,12,15,24,32H,5,10-11,13,16-17H2,1-4H3. The average molecular weight is 594 g/mol. The number of nitriles is 1. The van der Waals surface area contributed by atoms with Gasteiger partial charge in [-0.2, -0.15) is 5.26 Å². The van der Waals surface area contributed by atoms with E-state index in [0.29, 0.717) is 40.7 Å². The lowest BCUT2D eigenvalue weighted by Gasteiger charge is -2.51. The Labute approximate surface area is 243 Å². The first-order chi connectivity index (χ1) is 19.5. The maximum absolute atomic E-state index is 13.5. The van der Waals surface area contributed by atoms with Crippen molar-refractivity contribution in [2.24, 2.45) is 5.41 Å². The minimum absolute atomic E-state index is 0.0463. The van der Waals surface area contributed by atoms with Gasteiger partial charge >= 0.3 is 0 Å². The summed E-state index contributed by atoms with van der Waals surface area (Å²) in [4.78, 5) is 14.1.